The van der Waals surface area contributed by atoms with E-state index in [1.807, 2.05) is 6.08 Å². The minimum atomic E-state index is -0.888. The topological polar surface area (TPSA) is 9.23 Å². The molecule has 0 unspecified atom stereocenters. The van der Waals surface area contributed by atoms with E-state index in [1.54, 1.807) is 19.1 Å². The SMILES string of the molecule is CCC[C@H]1CC[C@H](C2CCC(CCC=Cc3ccc(OCC)c(F)c3F)CC2)CC1. The van der Waals surface area contributed by atoms with Crippen molar-refractivity contribution in [2.45, 2.75) is 90.9 Å². The molecule has 0 bridgehead atoms. The van der Waals surface area contributed by atoms with Crippen molar-refractivity contribution in [3.05, 3.63) is 35.4 Å². The van der Waals surface area contributed by atoms with E-state index < -0.39 is 11.6 Å². The molecule has 2 aliphatic carbocycles. The van der Waals surface area contributed by atoms with Gasteiger partial charge in [0, 0.05) is 5.56 Å². The van der Waals surface area contributed by atoms with E-state index in [0.717, 1.165) is 36.5 Å². The predicted molar refractivity (Wildman–Crippen MR) is 122 cm³/mol. The Bertz CT molecular complexity index is 668. The summed E-state index contributed by atoms with van der Waals surface area (Å²) in [6, 6.07) is 3.11. The molecule has 3 rings (SSSR count). The maximum Gasteiger partial charge on any atom is 0.201 e. The molecule has 2 saturated carbocycles. The molecular weight excluding hydrogens is 378 g/mol. The number of hydrogen-bond acceptors (Lipinski definition) is 1. The molecule has 2 fully saturated rings. The van der Waals surface area contributed by atoms with Gasteiger partial charge < -0.3 is 4.74 Å². The third-order valence-electron chi connectivity index (χ3n) is 7.56. The van der Waals surface area contributed by atoms with Gasteiger partial charge in [-0.1, -0.05) is 57.6 Å². The van der Waals surface area contributed by atoms with Crippen LogP contribution in [0, 0.1) is 35.3 Å². The fourth-order valence-electron chi connectivity index (χ4n) is 5.79. The molecule has 0 radical (unpaired) electrons. The summed E-state index contributed by atoms with van der Waals surface area (Å²) < 4.78 is 33.2. The molecule has 0 spiro atoms. The highest BCUT2D eigenvalue weighted by Crippen LogP contribution is 2.43. The minimum absolute atomic E-state index is 0.0113. The Morgan fingerprint density at radius 1 is 0.833 bits per heavy atom. The van der Waals surface area contributed by atoms with Crippen LogP contribution in [0.15, 0.2) is 18.2 Å². The van der Waals surface area contributed by atoms with Gasteiger partial charge in [-0.05, 0) is 81.3 Å². The molecule has 0 atom stereocenters. The van der Waals surface area contributed by atoms with Gasteiger partial charge in [0.2, 0.25) is 5.82 Å². The smallest absolute Gasteiger partial charge is 0.201 e. The van der Waals surface area contributed by atoms with Crippen LogP contribution in [0.2, 0.25) is 0 Å². The van der Waals surface area contributed by atoms with Crippen molar-refractivity contribution in [2.24, 2.45) is 23.7 Å². The molecule has 168 valence electrons. The van der Waals surface area contributed by atoms with Gasteiger partial charge in [0.25, 0.3) is 0 Å². The first-order valence-corrected chi connectivity index (χ1v) is 12.4. The van der Waals surface area contributed by atoms with Crippen molar-refractivity contribution < 1.29 is 13.5 Å². The van der Waals surface area contributed by atoms with E-state index in [0.29, 0.717) is 12.2 Å². The van der Waals surface area contributed by atoms with Gasteiger partial charge in [-0.25, -0.2) is 4.39 Å². The van der Waals surface area contributed by atoms with Crippen molar-refractivity contribution >= 4 is 6.08 Å². The zero-order valence-electron chi connectivity index (χ0n) is 19.0. The van der Waals surface area contributed by atoms with E-state index in [-0.39, 0.29) is 5.75 Å². The second kappa shape index (κ2) is 11.9. The van der Waals surface area contributed by atoms with Crippen molar-refractivity contribution in [3.63, 3.8) is 0 Å². The summed E-state index contributed by atoms with van der Waals surface area (Å²) in [5, 5.41) is 0. The van der Waals surface area contributed by atoms with E-state index in [1.165, 1.54) is 70.3 Å². The van der Waals surface area contributed by atoms with Crippen molar-refractivity contribution in [2.75, 3.05) is 6.61 Å². The van der Waals surface area contributed by atoms with Crippen molar-refractivity contribution in [1.82, 2.24) is 0 Å². The van der Waals surface area contributed by atoms with Crippen LogP contribution in [0.5, 0.6) is 5.75 Å². The molecule has 2 aliphatic rings. The molecule has 1 aromatic carbocycles. The Hall–Kier alpha value is -1.38. The van der Waals surface area contributed by atoms with E-state index in [2.05, 4.69) is 6.92 Å². The number of halogens is 2. The van der Waals surface area contributed by atoms with E-state index in [4.69, 9.17) is 4.74 Å². The second-order valence-corrected chi connectivity index (χ2v) is 9.54. The van der Waals surface area contributed by atoms with E-state index >= 15 is 0 Å². The molecule has 3 heteroatoms. The third kappa shape index (κ3) is 6.31. The molecular formula is C27H40F2O. The minimum Gasteiger partial charge on any atom is -0.491 e. The first kappa shape index (κ1) is 23.3. The van der Waals surface area contributed by atoms with Gasteiger partial charge in [-0.3, -0.25) is 0 Å². The quantitative estimate of drug-likeness (QED) is 0.390. The van der Waals surface area contributed by atoms with Crippen molar-refractivity contribution in [3.8, 4) is 5.75 Å². The van der Waals surface area contributed by atoms with Crippen LogP contribution in [0.3, 0.4) is 0 Å². The van der Waals surface area contributed by atoms with Crippen LogP contribution >= 0.6 is 0 Å². The second-order valence-electron chi connectivity index (χ2n) is 9.54. The Kier molecular flexibility index (Phi) is 9.21. The number of allylic oxidation sites excluding steroid dienone is 1. The Labute approximate surface area is 182 Å². The lowest BCUT2D eigenvalue weighted by atomic mass is 9.68. The zero-order valence-corrected chi connectivity index (χ0v) is 19.0. The highest BCUT2D eigenvalue weighted by Gasteiger charge is 2.30. The Morgan fingerprint density at radius 2 is 1.43 bits per heavy atom. The highest BCUT2D eigenvalue weighted by atomic mass is 19.2. The Balaban J connectivity index is 1.38. The van der Waals surface area contributed by atoms with Crippen LogP contribution in [-0.2, 0) is 0 Å². The van der Waals surface area contributed by atoms with Gasteiger partial charge in [-0.2, -0.15) is 4.39 Å². The largest absolute Gasteiger partial charge is 0.491 e. The monoisotopic (exact) mass is 418 g/mol. The summed E-state index contributed by atoms with van der Waals surface area (Å²) in [7, 11) is 0. The molecule has 0 N–H and O–H groups in total. The lowest BCUT2D eigenvalue weighted by molar-refractivity contribution is 0.141. The average Bonchev–Trinajstić information content (AvgIpc) is 2.77. The van der Waals surface area contributed by atoms with Gasteiger partial charge in [0.1, 0.15) is 0 Å². The number of hydrogen-bond donors (Lipinski definition) is 0. The van der Waals surface area contributed by atoms with Crippen LogP contribution in [0.1, 0.15) is 96.5 Å². The first-order chi connectivity index (χ1) is 14.6. The van der Waals surface area contributed by atoms with Crippen LogP contribution < -0.4 is 4.74 Å². The number of benzene rings is 1. The fraction of sp³-hybridized carbons (Fsp3) is 0.704. The maximum absolute atomic E-state index is 14.1. The zero-order chi connectivity index (χ0) is 21.3. The molecule has 0 aliphatic heterocycles. The van der Waals surface area contributed by atoms with Crippen molar-refractivity contribution in [1.29, 1.82) is 0 Å². The fourth-order valence-corrected chi connectivity index (χ4v) is 5.79. The molecule has 30 heavy (non-hydrogen) atoms. The summed E-state index contributed by atoms with van der Waals surface area (Å²) in [5.74, 6) is 2.03. The standard InChI is InChI=1S/C27H40F2O/c1-3-7-20-10-14-22(15-11-20)23-16-12-21(13-17-23)8-5-6-9-24-18-19-25(30-4-2)27(29)26(24)28/h6,9,18-23H,3-5,7-8,10-17H2,1-2H3/t20-,21?,22-,23?. The number of rotatable bonds is 9. The van der Waals surface area contributed by atoms with Gasteiger partial charge in [-0.15, -0.1) is 0 Å². The maximum atomic E-state index is 14.1. The molecule has 0 heterocycles. The Morgan fingerprint density at radius 3 is 2.00 bits per heavy atom. The first-order valence-electron chi connectivity index (χ1n) is 12.4. The van der Waals surface area contributed by atoms with Crippen LogP contribution in [-0.4, -0.2) is 6.61 Å². The molecule has 1 nitrogen and oxygen atoms in total. The molecule has 0 saturated heterocycles. The molecule has 1 aromatic rings. The lowest BCUT2D eigenvalue weighted by Crippen LogP contribution is -2.25. The number of ether oxygens (including phenoxy) is 1. The molecule has 0 amide bonds. The normalized spacial score (nSPS) is 27.5. The lowest BCUT2D eigenvalue weighted by Gasteiger charge is -2.38. The van der Waals surface area contributed by atoms with Crippen LogP contribution in [0.4, 0.5) is 8.78 Å². The van der Waals surface area contributed by atoms with Gasteiger partial charge in [0.05, 0.1) is 6.61 Å². The van der Waals surface area contributed by atoms with Gasteiger partial charge >= 0.3 is 0 Å². The highest BCUT2D eigenvalue weighted by molar-refractivity contribution is 5.52. The summed E-state index contributed by atoms with van der Waals surface area (Å²) in [4.78, 5) is 0. The molecule has 0 aromatic heterocycles. The summed E-state index contributed by atoms with van der Waals surface area (Å²) in [6.45, 7) is 4.40. The summed E-state index contributed by atoms with van der Waals surface area (Å²) >= 11 is 0. The summed E-state index contributed by atoms with van der Waals surface area (Å²) in [6.07, 6.45) is 19.9. The average molecular weight is 419 g/mol. The predicted octanol–water partition coefficient (Wildman–Crippen LogP) is 8.57. The third-order valence-corrected chi connectivity index (χ3v) is 7.56. The van der Waals surface area contributed by atoms with Gasteiger partial charge in [0.15, 0.2) is 11.6 Å². The van der Waals surface area contributed by atoms with Crippen LogP contribution in [0.25, 0.3) is 6.08 Å². The van der Waals surface area contributed by atoms with E-state index in [9.17, 15) is 8.78 Å². The summed E-state index contributed by atoms with van der Waals surface area (Å²) in [5.41, 5.74) is 0.304.